The largest absolute Gasteiger partial charge is 0.497 e. The molecule has 1 aromatic carbocycles. The molecule has 0 fully saturated rings. The lowest BCUT2D eigenvalue weighted by Gasteiger charge is -2.07. The van der Waals surface area contributed by atoms with Gasteiger partial charge in [-0.3, -0.25) is 0 Å². The number of halogens is 1. The molecule has 0 N–H and O–H groups in total. The Hall–Kier alpha value is -1.31. The normalized spacial score (nSPS) is 10.2. The summed E-state index contributed by atoms with van der Waals surface area (Å²) in [6.07, 6.45) is 1.69. The van der Waals surface area contributed by atoms with E-state index in [-0.39, 0.29) is 5.82 Å². The average molecular weight is 179 g/mol. The van der Waals surface area contributed by atoms with E-state index in [0.29, 0.717) is 5.75 Å². The van der Waals surface area contributed by atoms with Gasteiger partial charge in [0.2, 0.25) is 0 Å². The zero-order valence-corrected chi connectivity index (χ0v) is 7.80. The first-order valence-electron chi connectivity index (χ1n) is 3.98. The highest BCUT2D eigenvalue weighted by molar-refractivity contribution is 5.40. The second-order valence-corrected chi connectivity index (χ2v) is 2.77. The molecule has 1 radical (unpaired) electrons. The van der Waals surface area contributed by atoms with Gasteiger partial charge in [-0.05, 0) is 17.7 Å². The van der Waals surface area contributed by atoms with Gasteiger partial charge < -0.3 is 4.74 Å². The third kappa shape index (κ3) is 2.31. The van der Waals surface area contributed by atoms with Gasteiger partial charge in [0, 0.05) is 12.0 Å². The molecular weight excluding hydrogens is 167 g/mol. The Balaban J connectivity index is 3.07. The van der Waals surface area contributed by atoms with E-state index in [4.69, 9.17) is 4.74 Å². The summed E-state index contributed by atoms with van der Waals surface area (Å²) in [5.41, 5.74) is 0.798. The number of rotatable bonds is 3. The Morgan fingerprint density at radius 1 is 1.46 bits per heavy atom. The maximum atomic E-state index is 13.0. The standard InChI is InChI=1S/C11H12FO/c1-4-8(2)9-5-10(12)7-11(6-9)13-3/h4-7H,1H2,2-3H3. The topological polar surface area (TPSA) is 9.23 Å². The Labute approximate surface area is 77.8 Å². The van der Waals surface area contributed by atoms with E-state index < -0.39 is 0 Å². The Bertz CT molecular complexity index is 307. The van der Waals surface area contributed by atoms with E-state index in [1.165, 1.54) is 19.2 Å². The fourth-order valence-corrected chi connectivity index (χ4v) is 1.03. The number of hydrogen-bond donors (Lipinski definition) is 0. The summed E-state index contributed by atoms with van der Waals surface area (Å²) in [6, 6.07) is 4.58. The van der Waals surface area contributed by atoms with E-state index >= 15 is 0 Å². The van der Waals surface area contributed by atoms with Crippen molar-refractivity contribution in [2.45, 2.75) is 6.92 Å². The van der Waals surface area contributed by atoms with Crippen LogP contribution < -0.4 is 4.74 Å². The van der Waals surface area contributed by atoms with Crippen LogP contribution in [-0.2, 0) is 0 Å². The van der Waals surface area contributed by atoms with Gasteiger partial charge >= 0.3 is 0 Å². The van der Waals surface area contributed by atoms with E-state index in [2.05, 4.69) is 6.58 Å². The minimum atomic E-state index is -0.296. The molecule has 0 aliphatic rings. The molecule has 0 saturated carbocycles. The van der Waals surface area contributed by atoms with Crippen LogP contribution in [0.5, 0.6) is 5.75 Å². The first-order valence-corrected chi connectivity index (χ1v) is 3.98. The van der Waals surface area contributed by atoms with Crippen molar-refractivity contribution in [3.05, 3.63) is 48.2 Å². The van der Waals surface area contributed by atoms with Crippen LogP contribution in [0.15, 0.2) is 30.9 Å². The Morgan fingerprint density at radius 2 is 2.15 bits per heavy atom. The highest BCUT2D eigenvalue weighted by Crippen LogP contribution is 2.22. The van der Waals surface area contributed by atoms with E-state index in [9.17, 15) is 4.39 Å². The van der Waals surface area contributed by atoms with Crippen LogP contribution >= 0.6 is 0 Å². The molecule has 1 nitrogen and oxygen atoms in total. The number of ether oxygens (including phenoxy) is 1. The van der Waals surface area contributed by atoms with Crippen molar-refractivity contribution in [1.82, 2.24) is 0 Å². The third-order valence-corrected chi connectivity index (χ3v) is 1.87. The summed E-state index contributed by atoms with van der Waals surface area (Å²) < 4.78 is 17.9. The highest BCUT2D eigenvalue weighted by atomic mass is 19.1. The molecule has 0 aromatic heterocycles. The Morgan fingerprint density at radius 3 is 2.69 bits per heavy atom. The quantitative estimate of drug-likeness (QED) is 0.693. The summed E-state index contributed by atoms with van der Waals surface area (Å²) >= 11 is 0. The summed E-state index contributed by atoms with van der Waals surface area (Å²) in [5, 5.41) is 0. The van der Waals surface area contributed by atoms with Crippen LogP contribution in [0.3, 0.4) is 0 Å². The first-order chi connectivity index (χ1) is 6.17. The minimum Gasteiger partial charge on any atom is -0.497 e. The van der Waals surface area contributed by atoms with Crippen molar-refractivity contribution < 1.29 is 9.13 Å². The fraction of sp³-hybridized carbons (Fsp3) is 0.182. The van der Waals surface area contributed by atoms with Crippen molar-refractivity contribution in [1.29, 1.82) is 0 Å². The maximum Gasteiger partial charge on any atom is 0.127 e. The van der Waals surface area contributed by atoms with Crippen LogP contribution in [0.4, 0.5) is 4.39 Å². The lowest BCUT2D eigenvalue weighted by Crippen LogP contribution is -1.93. The second-order valence-electron chi connectivity index (χ2n) is 2.77. The molecular formula is C11H12FO. The van der Waals surface area contributed by atoms with Crippen molar-refractivity contribution >= 4 is 0 Å². The maximum absolute atomic E-state index is 13.0. The second kappa shape index (κ2) is 4.08. The molecule has 2 heteroatoms. The lowest BCUT2D eigenvalue weighted by molar-refractivity contribution is 0.411. The van der Waals surface area contributed by atoms with Crippen LogP contribution in [-0.4, -0.2) is 7.11 Å². The Kier molecular flexibility index (Phi) is 3.07. The molecule has 13 heavy (non-hydrogen) atoms. The number of benzene rings is 1. The average Bonchev–Trinajstić information content (AvgIpc) is 2.15. The van der Waals surface area contributed by atoms with Gasteiger partial charge in [-0.1, -0.05) is 13.0 Å². The molecule has 0 amide bonds. The van der Waals surface area contributed by atoms with Gasteiger partial charge in [0.15, 0.2) is 0 Å². The lowest BCUT2D eigenvalue weighted by atomic mass is 10.0. The number of methoxy groups -OCH3 is 1. The van der Waals surface area contributed by atoms with Crippen molar-refractivity contribution in [3.8, 4) is 5.75 Å². The summed E-state index contributed by atoms with van der Waals surface area (Å²) in [7, 11) is 1.52. The molecule has 0 saturated heterocycles. The van der Waals surface area contributed by atoms with E-state index in [1.54, 1.807) is 12.1 Å². The van der Waals surface area contributed by atoms with Crippen LogP contribution in [0, 0.1) is 11.7 Å². The minimum absolute atomic E-state index is 0.296. The summed E-state index contributed by atoms with van der Waals surface area (Å²) in [6.45, 7) is 5.50. The highest BCUT2D eigenvalue weighted by Gasteiger charge is 2.05. The summed E-state index contributed by atoms with van der Waals surface area (Å²) in [5.74, 6) is 1.16. The summed E-state index contributed by atoms with van der Waals surface area (Å²) in [4.78, 5) is 0. The molecule has 69 valence electrons. The molecule has 0 heterocycles. The fourth-order valence-electron chi connectivity index (χ4n) is 1.03. The molecule has 0 unspecified atom stereocenters. The molecule has 0 bridgehead atoms. The van der Waals surface area contributed by atoms with Crippen LogP contribution in [0.1, 0.15) is 12.5 Å². The monoisotopic (exact) mass is 179 g/mol. The van der Waals surface area contributed by atoms with Crippen LogP contribution in [0.25, 0.3) is 0 Å². The number of hydrogen-bond acceptors (Lipinski definition) is 1. The van der Waals surface area contributed by atoms with E-state index in [0.717, 1.165) is 11.5 Å². The van der Waals surface area contributed by atoms with Crippen molar-refractivity contribution in [3.63, 3.8) is 0 Å². The van der Waals surface area contributed by atoms with Gasteiger partial charge in [0.05, 0.1) is 7.11 Å². The zero-order valence-electron chi connectivity index (χ0n) is 7.80. The van der Waals surface area contributed by atoms with Gasteiger partial charge in [0.25, 0.3) is 0 Å². The molecule has 0 spiro atoms. The first kappa shape index (κ1) is 9.78. The van der Waals surface area contributed by atoms with Crippen LogP contribution in [0.2, 0.25) is 0 Å². The van der Waals surface area contributed by atoms with Gasteiger partial charge in [-0.2, -0.15) is 0 Å². The molecule has 0 atom stereocenters. The molecule has 0 aliphatic carbocycles. The third-order valence-electron chi connectivity index (χ3n) is 1.87. The van der Waals surface area contributed by atoms with Crippen molar-refractivity contribution in [2.75, 3.05) is 7.11 Å². The molecule has 1 aromatic rings. The molecule has 0 aliphatic heterocycles. The van der Waals surface area contributed by atoms with E-state index in [1.807, 2.05) is 6.92 Å². The predicted octanol–water partition coefficient (Wildman–Crippen LogP) is 2.96. The smallest absolute Gasteiger partial charge is 0.127 e. The van der Waals surface area contributed by atoms with Crippen molar-refractivity contribution in [2.24, 2.45) is 0 Å². The zero-order chi connectivity index (χ0) is 9.84. The predicted molar refractivity (Wildman–Crippen MR) is 51.2 cm³/mol. The SMILES string of the molecule is C=C[C](C)c1cc(F)cc(OC)c1. The van der Waals surface area contributed by atoms with Gasteiger partial charge in [-0.25, -0.2) is 4.39 Å². The van der Waals surface area contributed by atoms with Gasteiger partial charge in [-0.15, -0.1) is 6.58 Å². The van der Waals surface area contributed by atoms with Gasteiger partial charge in [0.1, 0.15) is 11.6 Å². The molecule has 1 rings (SSSR count). The number of allylic oxidation sites excluding steroid dienone is 1.